The lowest BCUT2D eigenvalue weighted by atomic mass is 9.95. The normalized spacial score (nSPS) is 26.0. The summed E-state index contributed by atoms with van der Waals surface area (Å²) >= 11 is 0. The molecule has 3 nitrogen and oxygen atoms in total. The molecule has 2 heterocycles. The zero-order chi connectivity index (χ0) is 13.2. The van der Waals surface area contributed by atoms with E-state index in [1.54, 1.807) is 0 Å². The van der Waals surface area contributed by atoms with Crippen molar-refractivity contribution < 1.29 is 5.11 Å². The van der Waals surface area contributed by atoms with Crippen molar-refractivity contribution in [3.63, 3.8) is 0 Å². The predicted molar refractivity (Wildman–Crippen MR) is 77.2 cm³/mol. The molecule has 3 rings (SSSR count). The van der Waals surface area contributed by atoms with Crippen molar-refractivity contribution in [2.24, 2.45) is 5.92 Å². The molecule has 1 aromatic rings. The molecule has 1 aliphatic heterocycles. The second-order valence-electron chi connectivity index (χ2n) is 6.04. The topological polar surface area (TPSA) is 36.4 Å². The second kappa shape index (κ2) is 5.49. The second-order valence-corrected chi connectivity index (χ2v) is 6.04. The number of pyridine rings is 1. The Labute approximate surface area is 115 Å². The van der Waals surface area contributed by atoms with E-state index in [4.69, 9.17) is 0 Å². The van der Waals surface area contributed by atoms with E-state index >= 15 is 0 Å². The van der Waals surface area contributed by atoms with Gasteiger partial charge in [0.1, 0.15) is 5.82 Å². The predicted octanol–water partition coefficient (Wildman–Crippen LogP) is 3.29. The van der Waals surface area contributed by atoms with Crippen molar-refractivity contribution in [3.8, 4) is 0 Å². The van der Waals surface area contributed by atoms with Crippen LogP contribution in [0.15, 0.2) is 18.3 Å². The van der Waals surface area contributed by atoms with Crippen molar-refractivity contribution in [3.05, 3.63) is 23.9 Å². The minimum absolute atomic E-state index is 0.437. The van der Waals surface area contributed by atoms with Gasteiger partial charge in [0.05, 0.1) is 6.10 Å². The van der Waals surface area contributed by atoms with E-state index in [2.05, 4.69) is 9.88 Å². The van der Waals surface area contributed by atoms with E-state index in [-0.39, 0.29) is 0 Å². The smallest absolute Gasteiger partial charge is 0.134 e. The first-order valence-corrected chi connectivity index (χ1v) is 7.67. The van der Waals surface area contributed by atoms with Gasteiger partial charge < -0.3 is 10.0 Å². The number of rotatable bonds is 3. The molecule has 104 valence electrons. The van der Waals surface area contributed by atoms with Gasteiger partial charge in [-0.3, -0.25) is 0 Å². The summed E-state index contributed by atoms with van der Waals surface area (Å²) in [6, 6.07) is 4.58. The first-order chi connectivity index (χ1) is 9.27. The molecule has 0 amide bonds. The van der Waals surface area contributed by atoms with E-state index < -0.39 is 6.10 Å². The molecule has 1 saturated carbocycles. The molecule has 3 heteroatoms. The summed E-state index contributed by atoms with van der Waals surface area (Å²) in [6.07, 6.45) is 9.49. The number of hydrogen-bond donors (Lipinski definition) is 1. The third-order valence-corrected chi connectivity index (χ3v) is 4.78. The zero-order valence-electron chi connectivity index (χ0n) is 11.8. The highest BCUT2D eigenvalue weighted by molar-refractivity contribution is 5.49. The van der Waals surface area contributed by atoms with Gasteiger partial charge in [-0.25, -0.2) is 4.98 Å². The van der Waals surface area contributed by atoms with Gasteiger partial charge in [0, 0.05) is 24.3 Å². The van der Waals surface area contributed by atoms with Crippen LogP contribution in [-0.4, -0.2) is 22.7 Å². The molecule has 1 aliphatic carbocycles. The zero-order valence-corrected chi connectivity index (χ0v) is 11.8. The van der Waals surface area contributed by atoms with Gasteiger partial charge in [0.25, 0.3) is 0 Å². The molecule has 2 atom stereocenters. The van der Waals surface area contributed by atoms with E-state index in [0.29, 0.717) is 6.04 Å². The number of aliphatic hydroxyl groups excluding tert-OH is 1. The SMILES string of the molecule is C[C@@H](O)c1cccnc1N1CCCC1C1CCCC1. The van der Waals surface area contributed by atoms with Crippen LogP contribution in [0, 0.1) is 5.92 Å². The van der Waals surface area contributed by atoms with Crippen LogP contribution in [0.25, 0.3) is 0 Å². The Morgan fingerprint density at radius 1 is 1.26 bits per heavy atom. The molecule has 0 radical (unpaired) electrons. The highest BCUT2D eigenvalue weighted by atomic mass is 16.3. The standard InChI is InChI=1S/C16H24N2O/c1-12(19)14-8-4-10-17-16(14)18-11-5-9-15(18)13-6-2-3-7-13/h4,8,10,12-13,15,19H,2-3,5-7,9,11H2,1H3/t12-,15?/m1/s1. The summed E-state index contributed by atoms with van der Waals surface area (Å²) in [5, 5.41) is 9.95. The molecule has 1 aromatic heterocycles. The van der Waals surface area contributed by atoms with Crippen LogP contribution in [-0.2, 0) is 0 Å². The Bertz CT molecular complexity index is 427. The van der Waals surface area contributed by atoms with Crippen LogP contribution >= 0.6 is 0 Å². The number of anilines is 1. The van der Waals surface area contributed by atoms with Gasteiger partial charge in [-0.15, -0.1) is 0 Å². The maximum Gasteiger partial charge on any atom is 0.134 e. The Morgan fingerprint density at radius 3 is 2.79 bits per heavy atom. The summed E-state index contributed by atoms with van der Waals surface area (Å²) in [6.45, 7) is 2.93. The van der Waals surface area contributed by atoms with Gasteiger partial charge in [-0.1, -0.05) is 18.9 Å². The van der Waals surface area contributed by atoms with Crippen molar-refractivity contribution in [1.82, 2.24) is 4.98 Å². The third kappa shape index (κ3) is 2.48. The highest BCUT2D eigenvalue weighted by Gasteiger charge is 2.35. The first kappa shape index (κ1) is 12.9. The summed E-state index contributed by atoms with van der Waals surface area (Å²) in [7, 11) is 0. The summed E-state index contributed by atoms with van der Waals surface area (Å²) in [5.41, 5.74) is 0.979. The Balaban J connectivity index is 1.87. The molecule has 0 spiro atoms. The molecule has 0 bridgehead atoms. The van der Waals surface area contributed by atoms with Crippen LogP contribution in [0.4, 0.5) is 5.82 Å². The molecule has 1 N–H and O–H groups in total. The fourth-order valence-electron chi connectivity index (χ4n) is 3.86. The third-order valence-electron chi connectivity index (χ3n) is 4.78. The van der Waals surface area contributed by atoms with Crippen molar-refractivity contribution in [2.45, 2.75) is 57.6 Å². The Morgan fingerprint density at radius 2 is 2.05 bits per heavy atom. The van der Waals surface area contributed by atoms with Gasteiger partial charge in [0.2, 0.25) is 0 Å². The lowest BCUT2D eigenvalue weighted by Gasteiger charge is -2.32. The van der Waals surface area contributed by atoms with Crippen LogP contribution in [0.2, 0.25) is 0 Å². The van der Waals surface area contributed by atoms with Crippen molar-refractivity contribution >= 4 is 5.82 Å². The van der Waals surface area contributed by atoms with Crippen LogP contribution in [0.5, 0.6) is 0 Å². The quantitative estimate of drug-likeness (QED) is 0.906. The van der Waals surface area contributed by atoms with E-state index in [1.165, 1.54) is 38.5 Å². The van der Waals surface area contributed by atoms with Crippen LogP contribution in [0.3, 0.4) is 0 Å². The average molecular weight is 260 g/mol. The van der Waals surface area contributed by atoms with E-state index in [0.717, 1.165) is 23.8 Å². The molecule has 0 aromatic carbocycles. The van der Waals surface area contributed by atoms with Gasteiger partial charge >= 0.3 is 0 Å². The number of aromatic nitrogens is 1. The average Bonchev–Trinajstić information content (AvgIpc) is 3.09. The first-order valence-electron chi connectivity index (χ1n) is 7.67. The van der Waals surface area contributed by atoms with Gasteiger partial charge in [-0.2, -0.15) is 0 Å². The fraction of sp³-hybridized carbons (Fsp3) is 0.688. The minimum Gasteiger partial charge on any atom is -0.389 e. The Hall–Kier alpha value is -1.09. The van der Waals surface area contributed by atoms with Crippen molar-refractivity contribution in [1.29, 1.82) is 0 Å². The number of aliphatic hydroxyl groups is 1. The minimum atomic E-state index is -0.437. The van der Waals surface area contributed by atoms with E-state index in [1.807, 2.05) is 25.3 Å². The van der Waals surface area contributed by atoms with Crippen LogP contribution < -0.4 is 4.90 Å². The maximum absolute atomic E-state index is 9.95. The largest absolute Gasteiger partial charge is 0.389 e. The molecular weight excluding hydrogens is 236 g/mol. The van der Waals surface area contributed by atoms with Gasteiger partial charge in [-0.05, 0) is 44.6 Å². The molecule has 1 saturated heterocycles. The van der Waals surface area contributed by atoms with Crippen LogP contribution in [0.1, 0.15) is 57.1 Å². The highest BCUT2D eigenvalue weighted by Crippen LogP contribution is 2.38. The van der Waals surface area contributed by atoms with E-state index in [9.17, 15) is 5.11 Å². The lowest BCUT2D eigenvalue weighted by molar-refractivity contribution is 0.199. The molecule has 19 heavy (non-hydrogen) atoms. The molecule has 1 unspecified atom stereocenters. The summed E-state index contributed by atoms with van der Waals surface area (Å²) in [5.74, 6) is 1.86. The molecule has 2 aliphatic rings. The maximum atomic E-state index is 9.95. The summed E-state index contributed by atoms with van der Waals surface area (Å²) < 4.78 is 0. The molecule has 2 fully saturated rings. The lowest BCUT2D eigenvalue weighted by Crippen LogP contribution is -2.36. The number of nitrogens with zero attached hydrogens (tertiary/aromatic N) is 2. The monoisotopic (exact) mass is 260 g/mol. The Kier molecular flexibility index (Phi) is 3.74. The van der Waals surface area contributed by atoms with Crippen molar-refractivity contribution in [2.75, 3.05) is 11.4 Å². The van der Waals surface area contributed by atoms with Gasteiger partial charge in [0.15, 0.2) is 0 Å². The fourth-order valence-corrected chi connectivity index (χ4v) is 3.86. The number of hydrogen-bond acceptors (Lipinski definition) is 3. The molecular formula is C16H24N2O. The summed E-state index contributed by atoms with van der Waals surface area (Å²) in [4.78, 5) is 7.04.